The van der Waals surface area contributed by atoms with Crippen molar-refractivity contribution in [2.75, 3.05) is 12.4 Å². The zero-order valence-electron chi connectivity index (χ0n) is 16.7. The van der Waals surface area contributed by atoms with Crippen LogP contribution in [0.1, 0.15) is 26.2 Å². The van der Waals surface area contributed by atoms with E-state index in [2.05, 4.69) is 5.32 Å². The number of nitro groups is 1. The first-order valence-corrected chi connectivity index (χ1v) is 10.1. The normalized spacial score (nSPS) is 27.7. The largest absolute Gasteiger partial charge is 0.495 e. The molecule has 0 spiro atoms. The van der Waals surface area contributed by atoms with Gasteiger partial charge in [-0.1, -0.05) is 19.1 Å². The molecule has 2 fully saturated rings. The van der Waals surface area contributed by atoms with E-state index in [0.29, 0.717) is 0 Å². The molecular formula is C21H23N3O6. The van der Waals surface area contributed by atoms with Crippen molar-refractivity contribution in [2.24, 2.45) is 23.7 Å². The number of amides is 3. The molecule has 0 radical (unpaired) electrons. The van der Waals surface area contributed by atoms with E-state index < -0.39 is 28.7 Å². The lowest BCUT2D eigenvalue weighted by atomic mass is 9.63. The fourth-order valence-corrected chi connectivity index (χ4v) is 5.01. The van der Waals surface area contributed by atoms with Crippen molar-refractivity contribution in [3.63, 3.8) is 0 Å². The summed E-state index contributed by atoms with van der Waals surface area (Å²) in [6.45, 7) is 1.73. The van der Waals surface area contributed by atoms with Gasteiger partial charge in [-0.15, -0.1) is 0 Å². The summed E-state index contributed by atoms with van der Waals surface area (Å²) in [5.74, 6) is -1.62. The Balaban J connectivity index is 1.60. The average Bonchev–Trinajstić information content (AvgIpc) is 3.02. The molecule has 0 aromatic heterocycles. The van der Waals surface area contributed by atoms with Crippen LogP contribution in [0.5, 0.6) is 5.75 Å². The Labute approximate surface area is 173 Å². The van der Waals surface area contributed by atoms with Crippen LogP contribution < -0.4 is 10.1 Å². The number of imide groups is 1. The van der Waals surface area contributed by atoms with Gasteiger partial charge in [0, 0.05) is 12.1 Å². The van der Waals surface area contributed by atoms with E-state index in [1.54, 1.807) is 6.92 Å². The third kappa shape index (κ3) is 3.05. The predicted molar refractivity (Wildman–Crippen MR) is 107 cm³/mol. The number of fused-ring (bicyclic) bond motifs is 1. The maximum atomic E-state index is 13.1. The van der Waals surface area contributed by atoms with Crippen LogP contribution in [0.2, 0.25) is 0 Å². The number of allylic oxidation sites excluding steroid dienone is 2. The number of nitrogens with one attached hydrogen (secondary N) is 1. The summed E-state index contributed by atoms with van der Waals surface area (Å²) in [7, 11) is 1.38. The van der Waals surface area contributed by atoms with Gasteiger partial charge in [-0.3, -0.25) is 29.4 Å². The summed E-state index contributed by atoms with van der Waals surface area (Å²) < 4.78 is 5.18. The fraction of sp³-hybridized carbons (Fsp3) is 0.476. The number of non-ortho nitro benzene ring substituents is 1. The van der Waals surface area contributed by atoms with E-state index in [1.807, 2.05) is 12.2 Å². The maximum Gasteiger partial charge on any atom is 0.271 e. The van der Waals surface area contributed by atoms with E-state index in [1.165, 1.54) is 25.3 Å². The third-order valence-electron chi connectivity index (χ3n) is 6.45. The molecule has 1 aromatic rings. The monoisotopic (exact) mass is 413 g/mol. The molecule has 3 amide bonds. The molecule has 5 atom stereocenters. The third-order valence-corrected chi connectivity index (χ3v) is 6.45. The Morgan fingerprint density at radius 1 is 1.23 bits per heavy atom. The lowest BCUT2D eigenvalue weighted by Crippen LogP contribution is -2.47. The number of benzene rings is 1. The number of carbonyl (C=O) groups is 3. The lowest BCUT2D eigenvalue weighted by Gasteiger charge is -2.38. The summed E-state index contributed by atoms with van der Waals surface area (Å²) in [4.78, 5) is 51.0. The first-order chi connectivity index (χ1) is 14.4. The standard InChI is InChI=1S/C21H23N3O6/c1-3-15(19(25)22-14-10-13(24(28)29)8-9-16(14)30-2)23-20(26)17-11-4-5-12(7-6-11)18(17)21(23)27/h4-5,8-12,15,17-18H,3,6-7H2,1-2H3,(H,22,25). The lowest BCUT2D eigenvalue weighted by molar-refractivity contribution is -0.384. The molecule has 2 bridgehead atoms. The second-order valence-electron chi connectivity index (χ2n) is 7.94. The SMILES string of the molecule is CCC(C(=O)Nc1cc([N+](=O)[O-])ccc1OC)N1C(=O)C2C3C=CC(CC3)C2C1=O. The minimum Gasteiger partial charge on any atom is -0.495 e. The minimum atomic E-state index is -0.987. The zero-order chi connectivity index (χ0) is 21.6. The number of rotatable bonds is 6. The van der Waals surface area contributed by atoms with Gasteiger partial charge >= 0.3 is 0 Å². The summed E-state index contributed by atoms with van der Waals surface area (Å²) in [6.07, 6.45) is 6.05. The molecule has 1 heterocycles. The highest BCUT2D eigenvalue weighted by Crippen LogP contribution is 2.50. The number of nitro benzene ring substituents is 1. The first-order valence-electron chi connectivity index (χ1n) is 10.1. The van der Waals surface area contributed by atoms with Gasteiger partial charge in [-0.05, 0) is 37.2 Å². The van der Waals surface area contributed by atoms with Crippen molar-refractivity contribution >= 4 is 29.1 Å². The summed E-state index contributed by atoms with van der Waals surface area (Å²) >= 11 is 0. The molecule has 1 N–H and O–H groups in total. The Kier molecular flexibility index (Phi) is 5.05. The van der Waals surface area contributed by atoms with Gasteiger partial charge in [0.2, 0.25) is 17.7 Å². The van der Waals surface area contributed by atoms with Gasteiger partial charge in [0.25, 0.3) is 5.69 Å². The zero-order valence-corrected chi connectivity index (χ0v) is 16.7. The molecule has 4 aliphatic rings. The number of carbonyl (C=O) groups excluding carboxylic acids is 3. The smallest absolute Gasteiger partial charge is 0.271 e. The average molecular weight is 413 g/mol. The number of hydrogen-bond donors (Lipinski definition) is 1. The number of nitrogens with zero attached hydrogens (tertiary/aromatic N) is 2. The topological polar surface area (TPSA) is 119 Å². The Bertz CT molecular complexity index is 926. The van der Waals surface area contributed by atoms with E-state index in [9.17, 15) is 24.5 Å². The van der Waals surface area contributed by atoms with Crippen molar-refractivity contribution in [3.8, 4) is 5.75 Å². The quantitative estimate of drug-likeness (QED) is 0.331. The van der Waals surface area contributed by atoms with Crippen LogP contribution in [0.3, 0.4) is 0 Å². The second kappa shape index (κ2) is 7.55. The predicted octanol–water partition coefficient (Wildman–Crippen LogP) is 2.52. The molecular weight excluding hydrogens is 390 g/mol. The van der Waals surface area contributed by atoms with Gasteiger partial charge in [0.1, 0.15) is 11.8 Å². The number of ether oxygens (including phenoxy) is 1. The molecule has 30 heavy (non-hydrogen) atoms. The molecule has 9 heteroatoms. The van der Waals surface area contributed by atoms with Crippen molar-refractivity contribution in [2.45, 2.75) is 32.2 Å². The van der Waals surface area contributed by atoms with Gasteiger partial charge < -0.3 is 10.1 Å². The van der Waals surface area contributed by atoms with Gasteiger partial charge in [-0.25, -0.2) is 0 Å². The van der Waals surface area contributed by atoms with Crippen LogP contribution >= 0.6 is 0 Å². The highest BCUT2D eigenvalue weighted by atomic mass is 16.6. The number of hydrogen-bond acceptors (Lipinski definition) is 6. The van der Waals surface area contributed by atoms with Crippen molar-refractivity contribution in [3.05, 3.63) is 40.5 Å². The number of likely N-dealkylation sites (tertiary alicyclic amines) is 1. The minimum absolute atomic E-state index is 0.0406. The van der Waals surface area contributed by atoms with Gasteiger partial charge in [-0.2, -0.15) is 0 Å². The maximum absolute atomic E-state index is 13.1. The van der Waals surface area contributed by atoms with Crippen LogP contribution in [-0.4, -0.2) is 40.7 Å². The molecule has 1 saturated heterocycles. The van der Waals surface area contributed by atoms with Crippen LogP contribution in [0, 0.1) is 33.8 Å². The summed E-state index contributed by atoms with van der Waals surface area (Å²) in [5, 5.41) is 13.7. The fourth-order valence-electron chi connectivity index (χ4n) is 5.01. The van der Waals surface area contributed by atoms with Crippen LogP contribution in [0.15, 0.2) is 30.4 Å². The van der Waals surface area contributed by atoms with E-state index in [4.69, 9.17) is 4.74 Å². The molecule has 5 unspecified atom stereocenters. The Morgan fingerprint density at radius 2 is 1.83 bits per heavy atom. The van der Waals surface area contributed by atoms with Gasteiger partial charge in [0.15, 0.2) is 0 Å². The van der Waals surface area contributed by atoms with Crippen molar-refractivity contribution in [1.29, 1.82) is 0 Å². The molecule has 1 aliphatic heterocycles. The highest BCUT2D eigenvalue weighted by molar-refractivity contribution is 6.10. The van der Waals surface area contributed by atoms with Crippen LogP contribution in [0.25, 0.3) is 0 Å². The van der Waals surface area contributed by atoms with Crippen LogP contribution in [0.4, 0.5) is 11.4 Å². The van der Waals surface area contributed by atoms with Crippen molar-refractivity contribution in [1.82, 2.24) is 4.90 Å². The molecule has 5 rings (SSSR count). The molecule has 3 aliphatic carbocycles. The van der Waals surface area contributed by atoms with E-state index in [-0.39, 0.29) is 47.2 Å². The molecule has 1 saturated carbocycles. The van der Waals surface area contributed by atoms with E-state index >= 15 is 0 Å². The summed E-state index contributed by atoms with van der Waals surface area (Å²) in [6, 6.07) is 2.87. The van der Waals surface area contributed by atoms with Crippen molar-refractivity contribution < 1.29 is 24.0 Å². The second-order valence-corrected chi connectivity index (χ2v) is 7.94. The number of anilines is 1. The van der Waals surface area contributed by atoms with Gasteiger partial charge in [0.05, 0.1) is 29.6 Å². The highest BCUT2D eigenvalue weighted by Gasteiger charge is 2.58. The number of methoxy groups -OCH3 is 1. The summed E-state index contributed by atoms with van der Waals surface area (Å²) in [5.41, 5.74) is -0.0884. The van der Waals surface area contributed by atoms with Crippen LogP contribution in [-0.2, 0) is 14.4 Å². The van der Waals surface area contributed by atoms with E-state index in [0.717, 1.165) is 17.7 Å². The molecule has 1 aromatic carbocycles. The Morgan fingerprint density at radius 3 is 2.30 bits per heavy atom. The molecule has 158 valence electrons. The Hall–Kier alpha value is -3.23. The molecule has 9 nitrogen and oxygen atoms in total. The first kappa shape index (κ1) is 20.1.